The molecule has 0 saturated heterocycles. The zero-order valence-corrected chi connectivity index (χ0v) is 20.2. The molecule has 2 aromatic carbocycles. The molecule has 1 saturated carbocycles. The highest BCUT2D eigenvalue weighted by atomic mass is 35.5. The number of rotatable bonds is 4. The third-order valence-corrected chi connectivity index (χ3v) is 7.42. The zero-order chi connectivity index (χ0) is 22.8. The van der Waals surface area contributed by atoms with E-state index < -0.39 is 0 Å². The number of fused-ring (bicyclic) bond motifs is 1. The maximum absolute atomic E-state index is 13.3. The molecule has 0 spiro atoms. The largest absolute Gasteiger partial charge is 0.268 e. The van der Waals surface area contributed by atoms with Crippen LogP contribution in [0.5, 0.6) is 0 Å². The fraction of sp³-hybridized carbons (Fsp3) is 0.185. The maximum Gasteiger partial charge on any atom is 0.267 e. The Kier molecular flexibility index (Phi) is 6.50. The number of hydrogen-bond acceptors (Lipinski definition) is 3. The number of hydrazone groups is 1. The lowest BCUT2D eigenvalue weighted by atomic mass is 9.77. The van der Waals surface area contributed by atoms with Crippen LogP contribution < -0.4 is 0 Å². The molecule has 0 bridgehead atoms. The Labute approximate surface area is 207 Å². The number of amides is 1. The van der Waals surface area contributed by atoms with Gasteiger partial charge in [-0.1, -0.05) is 53.5 Å². The van der Waals surface area contributed by atoms with Crippen molar-refractivity contribution >= 4 is 58.3 Å². The first-order valence-electron chi connectivity index (χ1n) is 10.9. The van der Waals surface area contributed by atoms with Crippen molar-refractivity contribution in [1.29, 1.82) is 0 Å². The van der Waals surface area contributed by atoms with Crippen LogP contribution in [0.3, 0.4) is 0 Å². The molecule has 2 aliphatic rings. The quantitative estimate of drug-likeness (QED) is 0.340. The third kappa shape index (κ3) is 4.84. The summed E-state index contributed by atoms with van der Waals surface area (Å²) < 4.78 is 0. The first-order chi connectivity index (χ1) is 16.1. The molecule has 0 unspecified atom stereocenters. The van der Waals surface area contributed by atoms with Crippen molar-refractivity contribution in [3.8, 4) is 0 Å². The fourth-order valence-electron chi connectivity index (χ4n) is 4.55. The van der Waals surface area contributed by atoms with Gasteiger partial charge in [-0.2, -0.15) is 5.10 Å². The van der Waals surface area contributed by atoms with Gasteiger partial charge in [0, 0.05) is 26.9 Å². The van der Waals surface area contributed by atoms with E-state index in [0.29, 0.717) is 10.0 Å². The highest BCUT2D eigenvalue weighted by Gasteiger charge is 2.43. The maximum atomic E-state index is 13.3. The number of carbonyl (C=O) groups excluding carboxylic acids is 1. The molecule has 3 aromatic rings. The van der Waals surface area contributed by atoms with Gasteiger partial charge in [-0.3, -0.25) is 4.79 Å². The molecule has 2 heterocycles. The molecule has 2 atom stereocenters. The minimum Gasteiger partial charge on any atom is -0.268 e. The van der Waals surface area contributed by atoms with E-state index in [2.05, 4.69) is 6.08 Å². The predicted molar refractivity (Wildman–Crippen MR) is 139 cm³/mol. The Balaban J connectivity index is 1.52. The molecule has 1 fully saturated rings. The number of hydrogen-bond donors (Lipinski definition) is 0. The van der Waals surface area contributed by atoms with Crippen LogP contribution in [0.4, 0.5) is 0 Å². The topological polar surface area (TPSA) is 32.7 Å². The van der Waals surface area contributed by atoms with E-state index in [-0.39, 0.29) is 17.9 Å². The van der Waals surface area contributed by atoms with Gasteiger partial charge in [-0.15, -0.1) is 11.3 Å². The average Bonchev–Trinajstić information content (AvgIpc) is 3.48. The number of carbonyl (C=O) groups is 1. The molecule has 33 heavy (non-hydrogen) atoms. The van der Waals surface area contributed by atoms with Crippen LogP contribution in [0.1, 0.15) is 41.3 Å². The van der Waals surface area contributed by atoms with Crippen molar-refractivity contribution in [2.75, 3.05) is 0 Å². The van der Waals surface area contributed by atoms with Gasteiger partial charge in [0.1, 0.15) is 0 Å². The molecule has 1 aliphatic carbocycles. The summed E-state index contributed by atoms with van der Waals surface area (Å²) in [5.41, 5.74) is 4.33. The standard InChI is InChI=1S/C27H22Cl2N2OS/c28-21-10-6-18(7-11-21)17-20-3-1-5-24-26(20)30-31(25(32)15-14-23-4-2-16-33-23)27(24)19-8-12-22(29)13-9-19/h2,4,6-17,24,27H,1,3,5H2/b15-14+,20-17+/t24-,27+/m0/s1. The first kappa shape index (κ1) is 22.1. The molecular formula is C27H22Cl2N2OS. The molecule has 166 valence electrons. The van der Waals surface area contributed by atoms with Gasteiger partial charge in [-0.25, -0.2) is 5.01 Å². The molecule has 1 amide bonds. The molecule has 6 heteroatoms. The second kappa shape index (κ2) is 9.68. The summed E-state index contributed by atoms with van der Waals surface area (Å²) in [6, 6.07) is 19.4. The molecule has 3 nitrogen and oxygen atoms in total. The monoisotopic (exact) mass is 492 g/mol. The Bertz CT molecular complexity index is 1230. The van der Waals surface area contributed by atoms with E-state index >= 15 is 0 Å². The van der Waals surface area contributed by atoms with E-state index in [4.69, 9.17) is 28.3 Å². The van der Waals surface area contributed by atoms with E-state index in [9.17, 15) is 4.79 Å². The van der Waals surface area contributed by atoms with Gasteiger partial charge >= 0.3 is 0 Å². The minimum absolute atomic E-state index is 0.115. The van der Waals surface area contributed by atoms with Gasteiger partial charge < -0.3 is 0 Å². The summed E-state index contributed by atoms with van der Waals surface area (Å²) in [4.78, 5) is 14.4. The Morgan fingerprint density at radius 2 is 1.76 bits per heavy atom. The molecule has 5 rings (SSSR count). The van der Waals surface area contributed by atoms with Crippen molar-refractivity contribution in [3.05, 3.63) is 104 Å². The Hall–Kier alpha value is -2.66. The summed E-state index contributed by atoms with van der Waals surface area (Å²) in [6.07, 6.45) is 8.65. The lowest BCUT2D eigenvalue weighted by molar-refractivity contribution is -0.128. The van der Waals surface area contributed by atoms with Gasteiger partial charge in [0.25, 0.3) is 5.91 Å². The number of halogens is 2. The van der Waals surface area contributed by atoms with Gasteiger partial charge in [-0.05, 0) is 83.8 Å². The van der Waals surface area contributed by atoms with Gasteiger partial charge in [0.05, 0.1) is 11.8 Å². The summed E-state index contributed by atoms with van der Waals surface area (Å²) in [7, 11) is 0. The summed E-state index contributed by atoms with van der Waals surface area (Å²) in [5, 5.41) is 9.97. The second-order valence-electron chi connectivity index (χ2n) is 8.23. The lowest BCUT2D eigenvalue weighted by Gasteiger charge is -2.29. The summed E-state index contributed by atoms with van der Waals surface area (Å²) >= 11 is 13.8. The molecule has 1 aliphatic heterocycles. The minimum atomic E-state index is -0.147. The average molecular weight is 493 g/mol. The van der Waals surface area contributed by atoms with Crippen LogP contribution in [0.15, 0.2) is 82.8 Å². The number of nitrogens with zero attached hydrogens (tertiary/aromatic N) is 2. The third-order valence-electron chi connectivity index (χ3n) is 6.08. The first-order valence-corrected chi connectivity index (χ1v) is 12.6. The van der Waals surface area contributed by atoms with Crippen LogP contribution in [-0.4, -0.2) is 16.6 Å². The normalized spacial score (nSPS) is 21.5. The van der Waals surface area contributed by atoms with Crippen molar-refractivity contribution in [2.45, 2.75) is 25.3 Å². The van der Waals surface area contributed by atoms with Crippen molar-refractivity contribution in [3.63, 3.8) is 0 Å². The van der Waals surface area contributed by atoms with Crippen LogP contribution in [0.25, 0.3) is 12.2 Å². The summed E-state index contributed by atoms with van der Waals surface area (Å²) in [5.74, 6) is 0.0358. The number of thiophene rings is 1. The highest BCUT2D eigenvalue weighted by molar-refractivity contribution is 7.10. The second-order valence-corrected chi connectivity index (χ2v) is 10.1. The predicted octanol–water partition coefficient (Wildman–Crippen LogP) is 7.89. The Morgan fingerprint density at radius 3 is 2.45 bits per heavy atom. The lowest BCUT2D eigenvalue weighted by Crippen LogP contribution is -2.30. The van der Waals surface area contributed by atoms with Crippen LogP contribution in [-0.2, 0) is 4.79 Å². The van der Waals surface area contributed by atoms with Crippen LogP contribution in [0.2, 0.25) is 10.0 Å². The molecule has 0 radical (unpaired) electrons. The van der Waals surface area contributed by atoms with Crippen molar-refractivity contribution < 1.29 is 4.79 Å². The van der Waals surface area contributed by atoms with E-state index in [1.54, 1.807) is 22.4 Å². The summed E-state index contributed by atoms with van der Waals surface area (Å²) in [6.45, 7) is 0. The Morgan fingerprint density at radius 1 is 1.03 bits per heavy atom. The van der Waals surface area contributed by atoms with Gasteiger partial charge in [0.2, 0.25) is 0 Å². The smallest absolute Gasteiger partial charge is 0.267 e. The van der Waals surface area contributed by atoms with Gasteiger partial charge in [0.15, 0.2) is 0 Å². The highest BCUT2D eigenvalue weighted by Crippen LogP contribution is 2.44. The zero-order valence-electron chi connectivity index (χ0n) is 17.8. The van der Waals surface area contributed by atoms with Crippen molar-refractivity contribution in [1.82, 2.24) is 5.01 Å². The fourth-order valence-corrected chi connectivity index (χ4v) is 5.42. The number of allylic oxidation sites excluding steroid dienone is 1. The van der Waals surface area contributed by atoms with Crippen LogP contribution in [0, 0.1) is 5.92 Å². The SMILES string of the molecule is O=C(/C=C/c1cccs1)N1N=C2/C(=C/c3ccc(Cl)cc3)CCC[C@@H]2[C@H]1c1ccc(Cl)cc1. The van der Waals surface area contributed by atoms with E-state index in [0.717, 1.165) is 41.0 Å². The van der Waals surface area contributed by atoms with E-state index in [1.165, 1.54) is 5.57 Å². The molecule has 1 aromatic heterocycles. The van der Waals surface area contributed by atoms with E-state index in [1.807, 2.05) is 72.1 Å². The molecule has 0 N–H and O–H groups in total. The van der Waals surface area contributed by atoms with Crippen LogP contribution >= 0.6 is 34.5 Å². The number of benzene rings is 2. The van der Waals surface area contributed by atoms with Crippen molar-refractivity contribution in [2.24, 2.45) is 11.0 Å². The molecular weight excluding hydrogens is 471 g/mol.